The molecule has 1 amide bonds. The second kappa shape index (κ2) is 9.75. The summed E-state index contributed by atoms with van der Waals surface area (Å²) < 4.78 is 10.9. The average Bonchev–Trinajstić information content (AvgIpc) is 3.01. The normalized spacial score (nSPS) is 18.1. The van der Waals surface area contributed by atoms with Crippen LogP contribution < -0.4 is 4.74 Å². The van der Waals surface area contributed by atoms with Crippen molar-refractivity contribution in [2.75, 3.05) is 26.9 Å². The summed E-state index contributed by atoms with van der Waals surface area (Å²) in [6, 6.07) is 8.05. The number of likely N-dealkylation sites (tertiary alicyclic amines) is 1. The van der Waals surface area contributed by atoms with Crippen LogP contribution in [-0.4, -0.2) is 53.5 Å². The Kier molecular flexibility index (Phi) is 7.07. The molecule has 0 spiro atoms. The zero-order chi connectivity index (χ0) is 22.5. The summed E-state index contributed by atoms with van der Waals surface area (Å²) in [5, 5.41) is 11.2. The number of ether oxygens (including phenoxy) is 2. The number of carbonyl (C=O) groups is 2. The summed E-state index contributed by atoms with van der Waals surface area (Å²) in [7, 11) is 1.53. The second-order valence-corrected chi connectivity index (χ2v) is 7.95. The third-order valence-electron chi connectivity index (χ3n) is 5.13. The number of carbonyl (C=O) groups excluding carboxylic acids is 2. The SMILES string of the molecule is COCCN1C(=O)C(=O)C(=C(O)c2ccc(OCC(C)C)cc2C)[C@H]1c1ccncc1. The number of pyridine rings is 1. The van der Waals surface area contributed by atoms with Crippen LogP contribution in [0.3, 0.4) is 0 Å². The molecule has 7 nitrogen and oxygen atoms in total. The van der Waals surface area contributed by atoms with E-state index in [1.807, 2.05) is 13.0 Å². The van der Waals surface area contributed by atoms with Crippen molar-refractivity contribution >= 4 is 17.4 Å². The van der Waals surface area contributed by atoms with Gasteiger partial charge in [0, 0.05) is 31.6 Å². The highest BCUT2D eigenvalue weighted by Gasteiger charge is 2.45. The number of aliphatic hydroxyl groups is 1. The maximum Gasteiger partial charge on any atom is 0.295 e. The Bertz CT molecular complexity index is 985. The van der Waals surface area contributed by atoms with E-state index in [0.717, 1.165) is 5.56 Å². The van der Waals surface area contributed by atoms with Crippen molar-refractivity contribution in [2.45, 2.75) is 26.8 Å². The molecule has 1 atom stereocenters. The van der Waals surface area contributed by atoms with Gasteiger partial charge in [-0.3, -0.25) is 14.6 Å². The van der Waals surface area contributed by atoms with Crippen molar-refractivity contribution in [1.82, 2.24) is 9.88 Å². The lowest BCUT2D eigenvalue weighted by molar-refractivity contribution is -0.140. The van der Waals surface area contributed by atoms with Gasteiger partial charge in [0.15, 0.2) is 0 Å². The van der Waals surface area contributed by atoms with Gasteiger partial charge in [-0.1, -0.05) is 13.8 Å². The smallest absolute Gasteiger partial charge is 0.295 e. The number of aliphatic hydroxyl groups excluding tert-OH is 1. The molecule has 1 aromatic carbocycles. The molecule has 31 heavy (non-hydrogen) atoms. The van der Waals surface area contributed by atoms with Gasteiger partial charge in [0.2, 0.25) is 0 Å². The standard InChI is InChI=1S/C24H28N2O5/c1-15(2)14-31-18-5-6-19(16(3)13-18)22(27)20-21(17-7-9-25-10-8-17)26(11-12-30-4)24(29)23(20)28/h5-10,13,15,21,27H,11-12,14H2,1-4H3/t21-/m1/s1. The summed E-state index contributed by atoms with van der Waals surface area (Å²) in [6.45, 7) is 7.04. The number of Topliss-reactive ketones (excluding diaryl/α,β-unsaturated/α-hetero) is 1. The number of methoxy groups -OCH3 is 1. The quantitative estimate of drug-likeness (QED) is 0.396. The van der Waals surface area contributed by atoms with Gasteiger partial charge in [0.25, 0.3) is 11.7 Å². The summed E-state index contributed by atoms with van der Waals surface area (Å²) in [5.74, 6) is -0.497. The Balaban J connectivity index is 2.06. The highest BCUT2D eigenvalue weighted by atomic mass is 16.5. The number of ketones is 1. The fourth-order valence-electron chi connectivity index (χ4n) is 3.59. The molecule has 1 aromatic heterocycles. The molecule has 0 unspecified atom stereocenters. The number of nitrogens with zero attached hydrogens (tertiary/aromatic N) is 2. The molecule has 1 aliphatic heterocycles. The molecule has 2 heterocycles. The molecular weight excluding hydrogens is 396 g/mol. The Hall–Kier alpha value is -3.19. The van der Waals surface area contributed by atoms with E-state index in [1.54, 1.807) is 36.7 Å². The van der Waals surface area contributed by atoms with Gasteiger partial charge in [-0.05, 0) is 54.3 Å². The summed E-state index contributed by atoms with van der Waals surface area (Å²) in [6.07, 6.45) is 3.19. The Morgan fingerprint density at radius 2 is 1.90 bits per heavy atom. The third-order valence-corrected chi connectivity index (χ3v) is 5.13. The lowest BCUT2D eigenvalue weighted by atomic mass is 9.94. The molecule has 1 N–H and O–H groups in total. The van der Waals surface area contributed by atoms with Crippen LogP contribution in [0.1, 0.15) is 36.6 Å². The van der Waals surface area contributed by atoms with E-state index in [4.69, 9.17) is 9.47 Å². The molecule has 2 aromatic rings. The topological polar surface area (TPSA) is 89.0 Å². The molecule has 0 bridgehead atoms. The molecule has 1 aliphatic rings. The van der Waals surface area contributed by atoms with Crippen LogP contribution in [-0.2, 0) is 14.3 Å². The Morgan fingerprint density at radius 1 is 1.19 bits per heavy atom. The van der Waals surface area contributed by atoms with Crippen molar-refractivity contribution in [2.24, 2.45) is 5.92 Å². The van der Waals surface area contributed by atoms with Gasteiger partial charge in [0.05, 0.1) is 24.8 Å². The fraction of sp³-hybridized carbons (Fsp3) is 0.375. The molecule has 3 rings (SSSR count). The first kappa shape index (κ1) is 22.5. The first-order valence-electron chi connectivity index (χ1n) is 10.3. The van der Waals surface area contributed by atoms with Crippen molar-refractivity contribution in [3.8, 4) is 5.75 Å². The molecule has 0 saturated carbocycles. The van der Waals surface area contributed by atoms with E-state index in [9.17, 15) is 14.7 Å². The number of benzene rings is 1. The summed E-state index contributed by atoms with van der Waals surface area (Å²) in [4.78, 5) is 31.2. The summed E-state index contributed by atoms with van der Waals surface area (Å²) >= 11 is 0. The molecule has 1 fully saturated rings. The maximum atomic E-state index is 12.9. The van der Waals surface area contributed by atoms with E-state index in [2.05, 4.69) is 18.8 Å². The van der Waals surface area contributed by atoms with Gasteiger partial charge in [-0.2, -0.15) is 0 Å². The highest BCUT2D eigenvalue weighted by Crippen LogP contribution is 2.39. The van der Waals surface area contributed by atoms with Gasteiger partial charge < -0.3 is 19.5 Å². The first-order valence-corrected chi connectivity index (χ1v) is 10.3. The number of aromatic nitrogens is 1. The molecule has 7 heteroatoms. The van der Waals surface area contributed by atoms with E-state index >= 15 is 0 Å². The van der Waals surface area contributed by atoms with Gasteiger partial charge in [-0.25, -0.2) is 0 Å². The minimum absolute atomic E-state index is 0.0613. The molecule has 0 radical (unpaired) electrons. The van der Waals surface area contributed by atoms with Crippen LogP contribution in [0.4, 0.5) is 0 Å². The van der Waals surface area contributed by atoms with Crippen molar-refractivity contribution < 1.29 is 24.2 Å². The monoisotopic (exact) mass is 424 g/mol. The van der Waals surface area contributed by atoms with Crippen LogP contribution in [0.5, 0.6) is 5.75 Å². The first-order chi connectivity index (χ1) is 14.8. The van der Waals surface area contributed by atoms with Crippen LogP contribution in [0.2, 0.25) is 0 Å². The number of hydrogen-bond acceptors (Lipinski definition) is 6. The lowest BCUT2D eigenvalue weighted by Crippen LogP contribution is -2.32. The van der Waals surface area contributed by atoms with Gasteiger partial charge in [-0.15, -0.1) is 0 Å². The zero-order valence-corrected chi connectivity index (χ0v) is 18.3. The number of aryl methyl sites for hydroxylation is 1. The maximum absolute atomic E-state index is 12.9. The Morgan fingerprint density at radius 3 is 2.52 bits per heavy atom. The third kappa shape index (κ3) is 4.77. The largest absolute Gasteiger partial charge is 0.507 e. The van der Waals surface area contributed by atoms with Crippen LogP contribution in [0, 0.1) is 12.8 Å². The molecular formula is C24H28N2O5. The molecule has 0 aliphatic carbocycles. The van der Waals surface area contributed by atoms with Crippen LogP contribution >= 0.6 is 0 Å². The predicted octanol–water partition coefficient (Wildman–Crippen LogP) is 3.49. The number of hydrogen-bond donors (Lipinski definition) is 1. The van der Waals surface area contributed by atoms with Gasteiger partial charge >= 0.3 is 0 Å². The van der Waals surface area contributed by atoms with E-state index < -0.39 is 17.7 Å². The predicted molar refractivity (Wildman–Crippen MR) is 117 cm³/mol. The molecule has 164 valence electrons. The lowest BCUT2D eigenvalue weighted by Gasteiger charge is -2.25. The van der Waals surface area contributed by atoms with Crippen LogP contribution in [0.25, 0.3) is 5.76 Å². The van der Waals surface area contributed by atoms with Crippen molar-refractivity contribution in [1.29, 1.82) is 0 Å². The van der Waals surface area contributed by atoms with Crippen LogP contribution in [0.15, 0.2) is 48.3 Å². The van der Waals surface area contributed by atoms with E-state index in [0.29, 0.717) is 29.4 Å². The summed E-state index contributed by atoms with van der Waals surface area (Å²) in [5.41, 5.74) is 1.99. The average molecular weight is 424 g/mol. The van der Waals surface area contributed by atoms with Gasteiger partial charge in [0.1, 0.15) is 11.5 Å². The Labute approximate surface area is 182 Å². The minimum atomic E-state index is -0.714. The van der Waals surface area contributed by atoms with Crippen molar-refractivity contribution in [3.63, 3.8) is 0 Å². The van der Waals surface area contributed by atoms with E-state index in [-0.39, 0.29) is 24.5 Å². The van der Waals surface area contributed by atoms with E-state index in [1.165, 1.54) is 12.0 Å². The minimum Gasteiger partial charge on any atom is -0.507 e. The number of amides is 1. The fourth-order valence-corrected chi connectivity index (χ4v) is 3.59. The highest BCUT2D eigenvalue weighted by molar-refractivity contribution is 6.46. The number of rotatable bonds is 8. The zero-order valence-electron chi connectivity index (χ0n) is 18.3. The van der Waals surface area contributed by atoms with Crippen molar-refractivity contribution in [3.05, 3.63) is 65.0 Å². The molecule has 1 saturated heterocycles. The second-order valence-electron chi connectivity index (χ2n) is 7.95.